The second kappa shape index (κ2) is 8.15. The van der Waals surface area contributed by atoms with Crippen molar-refractivity contribution < 1.29 is 19.4 Å². The van der Waals surface area contributed by atoms with Gasteiger partial charge in [0.2, 0.25) is 5.91 Å². The van der Waals surface area contributed by atoms with Crippen LogP contribution in [0.3, 0.4) is 0 Å². The number of hydrogen-bond acceptors (Lipinski definition) is 4. The van der Waals surface area contributed by atoms with E-state index in [1.807, 2.05) is 30.3 Å². The van der Waals surface area contributed by atoms with Crippen LogP contribution in [-0.2, 0) is 11.2 Å². The lowest BCUT2D eigenvalue weighted by atomic mass is 10.0. The molecular weight excluding hydrogens is 330 g/mol. The van der Waals surface area contributed by atoms with Crippen molar-refractivity contribution in [2.24, 2.45) is 0 Å². The average molecular weight is 353 g/mol. The van der Waals surface area contributed by atoms with Crippen molar-refractivity contribution in [2.75, 3.05) is 13.7 Å². The Morgan fingerprint density at radius 1 is 1.12 bits per heavy atom. The number of aliphatic hydroxyl groups excluding tert-OH is 1. The molecule has 1 aliphatic heterocycles. The van der Waals surface area contributed by atoms with E-state index >= 15 is 0 Å². The molecule has 1 amide bonds. The summed E-state index contributed by atoms with van der Waals surface area (Å²) >= 11 is 0. The Balaban J connectivity index is 1.66. The predicted molar refractivity (Wildman–Crippen MR) is 98.2 cm³/mol. The maximum Gasteiger partial charge on any atom is 0.227 e. The molecule has 1 aliphatic rings. The van der Waals surface area contributed by atoms with E-state index in [9.17, 15) is 14.7 Å². The highest BCUT2D eigenvalue weighted by Crippen LogP contribution is 2.24. The van der Waals surface area contributed by atoms with Crippen LogP contribution in [0.25, 0.3) is 0 Å². The van der Waals surface area contributed by atoms with Gasteiger partial charge in [-0.3, -0.25) is 9.59 Å². The van der Waals surface area contributed by atoms with Crippen LogP contribution in [0.5, 0.6) is 5.75 Å². The highest BCUT2D eigenvalue weighted by Gasteiger charge is 2.35. The molecule has 136 valence electrons. The lowest BCUT2D eigenvalue weighted by molar-refractivity contribution is -0.131. The first-order chi connectivity index (χ1) is 12.6. The molecule has 2 aromatic carbocycles. The van der Waals surface area contributed by atoms with E-state index in [0.29, 0.717) is 17.7 Å². The van der Waals surface area contributed by atoms with Crippen LogP contribution in [0.15, 0.2) is 54.6 Å². The van der Waals surface area contributed by atoms with Crippen LogP contribution in [0, 0.1) is 0 Å². The largest absolute Gasteiger partial charge is 0.497 e. The highest BCUT2D eigenvalue weighted by molar-refractivity contribution is 5.97. The van der Waals surface area contributed by atoms with Crippen molar-refractivity contribution in [3.63, 3.8) is 0 Å². The number of ether oxygens (including phenoxy) is 1. The van der Waals surface area contributed by atoms with Crippen LogP contribution < -0.4 is 4.74 Å². The van der Waals surface area contributed by atoms with Gasteiger partial charge in [-0.15, -0.1) is 0 Å². The molecule has 1 saturated heterocycles. The second-order valence-electron chi connectivity index (χ2n) is 6.61. The van der Waals surface area contributed by atoms with Crippen LogP contribution in [0.2, 0.25) is 0 Å². The van der Waals surface area contributed by atoms with E-state index in [1.54, 1.807) is 36.3 Å². The summed E-state index contributed by atoms with van der Waals surface area (Å²) in [6, 6.07) is 16.2. The number of nitrogens with zero attached hydrogens (tertiary/aromatic N) is 1. The molecule has 1 heterocycles. The average Bonchev–Trinajstić information content (AvgIpc) is 3.03. The van der Waals surface area contributed by atoms with Gasteiger partial charge in [0.05, 0.1) is 19.6 Å². The Morgan fingerprint density at radius 3 is 2.46 bits per heavy atom. The molecule has 1 N–H and O–H groups in total. The lowest BCUT2D eigenvalue weighted by Gasteiger charge is -2.24. The number of ketones is 1. The van der Waals surface area contributed by atoms with Crippen LogP contribution in [-0.4, -0.2) is 47.5 Å². The number of Topliss-reactive ketones (excluding diaryl/α,β-unsaturated/α-hetero) is 1. The van der Waals surface area contributed by atoms with Gasteiger partial charge in [0.1, 0.15) is 5.75 Å². The van der Waals surface area contributed by atoms with Crippen molar-refractivity contribution in [3.05, 3.63) is 65.7 Å². The Morgan fingerprint density at radius 2 is 1.81 bits per heavy atom. The fourth-order valence-electron chi connectivity index (χ4n) is 3.37. The Labute approximate surface area is 153 Å². The van der Waals surface area contributed by atoms with Gasteiger partial charge < -0.3 is 14.7 Å². The van der Waals surface area contributed by atoms with Gasteiger partial charge in [0, 0.05) is 24.6 Å². The molecule has 1 unspecified atom stereocenters. The Kier molecular flexibility index (Phi) is 5.68. The van der Waals surface area contributed by atoms with Crippen molar-refractivity contribution >= 4 is 11.7 Å². The first-order valence-corrected chi connectivity index (χ1v) is 8.75. The van der Waals surface area contributed by atoms with Crippen LogP contribution >= 0.6 is 0 Å². The monoisotopic (exact) mass is 353 g/mol. The summed E-state index contributed by atoms with van der Waals surface area (Å²) in [4.78, 5) is 26.9. The number of methoxy groups -OCH3 is 1. The number of rotatable bonds is 6. The third kappa shape index (κ3) is 4.29. The van der Waals surface area contributed by atoms with Gasteiger partial charge in [0.25, 0.3) is 0 Å². The van der Waals surface area contributed by atoms with Gasteiger partial charge in [-0.25, -0.2) is 0 Å². The third-order valence-electron chi connectivity index (χ3n) is 4.74. The lowest BCUT2D eigenvalue weighted by Crippen LogP contribution is -2.38. The van der Waals surface area contributed by atoms with E-state index in [4.69, 9.17) is 4.74 Å². The fraction of sp³-hybridized carbons (Fsp3) is 0.333. The van der Waals surface area contributed by atoms with Crippen LogP contribution in [0.4, 0.5) is 0 Å². The number of amides is 1. The molecule has 5 nitrogen and oxygen atoms in total. The number of β-amino-alcohol motifs (C(OH)–C–C–N with tert-alkyl or cyclic N) is 1. The summed E-state index contributed by atoms with van der Waals surface area (Å²) in [6.07, 6.45) is 0.344. The first-order valence-electron chi connectivity index (χ1n) is 8.75. The minimum atomic E-state index is -0.580. The summed E-state index contributed by atoms with van der Waals surface area (Å²) in [5.41, 5.74) is 1.52. The van der Waals surface area contributed by atoms with E-state index < -0.39 is 6.10 Å². The van der Waals surface area contributed by atoms with E-state index in [2.05, 4.69) is 0 Å². The molecule has 2 aromatic rings. The quantitative estimate of drug-likeness (QED) is 0.810. The molecular formula is C21H23NO4. The normalized spacial score (nSPS) is 19.4. The summed E-state index contributed by atoms with van der Waals surface area (Å²) < 4.78 is 5.10. The van der Waals surface area contributed by atoms with Crippen LogP contribution in [0.1, 0.15) is 28.8 Å². The molecule has 0 spiro atoms. The van der Waals surface area contributed by atoms with Crippen molar-refractivity contribution in [1.82, 2.24) is 4.90 Å². The number of hydrogen-bond donors (Lipinski definition) is 1. The first kappa shape index (κ1) is 18.1. The molecule has 0 aromatic heterocycles. The molecule has 0 bridgehead atoms. The standard InChI is InChI=1S/C21H23NO4/c1-26-19-9-7-16(8-10-19)20(24)13-17-12-18(23)14-22(17)21(25)11-15-5-3-2-4-6-15/h2-10,17-18,23H,11-14H2,1H3/t17?,18-/m1/s1. The Bertz CT molecular complexity index is 757. The minimum absolute atomic E-state index is 0.0377. The molecule has 3 rings (SSSR count). The molecule has 1 fully saturated rings. The SMILES string of the molecule is COc1ccc(C(=O)CC2C[C@@H](O)CN2C(=O)Cc2ccccc2)cc1. The van der Waals surface area contributed by atoms with Crippen molar-refractivity contribution in [2.45, 2.75) is 31.4 Å². The van der Waals surface area contributed by atoms with Gasteiger partial charge in [0.15, 0.2) is 5.78 Å². The molecule has 0 radical (unpaired) electrons. The molecule has 5 heteroatoms. The summed E-state index contributed by atoms with van der Waals surface area (Å²) in [6.45, 7) is 0.284. The number of benzene rings is 2. The number of aliphatic hydroxyl groups is 1. The maximum absolute atomic E-state index is 12.7. The zero-order valence-corrected chi connectivity index (χ0v) is 14.8. The van der Waals surface area contributed by atoms with Gasteiger partial charge in [-0.2, -0.15) is 0 Å². The van der Waals surface area contributed by atoms with E-state index in [-0.39, 0.29) is 37.1 Å². The Hall–Kier alpha value is -2.66. The van der Waals surface area contributed by atoms with Gasteiger partial charge >= 0.3 is 0 Å². The van der Waals surface area contributed by atoms with Gasteiger partial charge in [-0.1, -0.05) is 30.3 Å². The number of carbonyl (C=O) groups excluding carboxylic acids is 2. The highest BCUT2D eigenvalue weighted by atomic mass is 16.5. The van der Waals surface area contributed by atoms with Gasteiger partial charge in [-0.05, 0) is 36.2 Å². The smallest absolute Gasteiger partial charge is 0.227 e. The summed E-state index contributed by atoms with van der Waals surface area (Å²) in [7, 11) is 1.58. The minimum Gasteiger partial charge on any atom is -0.497 e. The maximum atomic E-state index is 12.7. The second-order valence-corrected chi connectivity index (χ2v) is 6.61. The summed E-state index contributed by atoms with van der Waals surface area (Å²) in [5.74, 6) is 0.599. The molecule has 0 saturated carbocycles. The molecule has 2 atom stereocenters. The van der Waals surface area contributed by atoms with Crippen molar-refractivity contribution in [1.29, 1.82) is 0 Å². The zero-order chi connectivity index (χ0) is 18.5. The zero-order valence-electron chi connectivity index (χ0n) is 14.8. The third-order valence-corrected chi connectivity index (χ3v) is 4.74. The topological polar surface area (TPSA) is 66.8 Å². The van der Waals surface area contributed by atoms with Crippen molar-refractivity contribution in [3.8, 4) is 5.75 Å². The molecule has 0 aliphatic carbocycles. The number of carbonyl (C=O) groups is 2. The summed E-state index contributed by atoms with van der Waals surface area (Å²) in [5, 5.41) is 10.0. The van der Waals surface area contributed by atoms with E-state index in [1.165, 1.54) is 0 Å². The number of likely N-dealkylation sites (tertiary alicyclic amines) is 1. The van der Waals surface area contributed by atoms with E-state index in [0.717, 1.165) is 5.56 Å². The fourth-order valence-corrected chi connectivity index (χ4v) is 3.37. The molecule has 26 heavy (non-hydrogen) atoms. The predicted octanol–water partition coefficient (Wildman–Crippen LogP) is 2.47.